The number of amides is 2. The van der Waals surface area contributed by atoms with Crippen molar-refractivity contribution in [2.24, 2.45) is 10.9 Å². The quantitative estimate of drug-likeness (QED) is 0.314. The number of amidine groups is 1. The Labute approximate surface area is 108 Å². The number of carbonyl (C=O) groups is 1. The van der Waals surface area contributed by atoms with E-state index in [0.717, 1.165) is 12.8 Å². The summed E-state index contributed by atoms with van der Waals surface area (Å²) in [5.74, 6) is -0.214. The highest BCUT2D eigenvalue weighted by molar-refractivity contribution is 5.86. The van der Waals surface area contributed by atoms with Crippen molar-refractivity contribution in [1.82, 2.24) is 10.2 Å². The molecule has 0 atom stereocenters. The molecule has 1 aliphatic carbocycles. The predicted molar refractivity (Wildman–Crippen MR) is 61.8 cm³/mol. The summed E-state index contributed by atoms with van der Waals surface area (Å²) in [6.45, 7) is -1.59. The minimum absolute atomic E-state index is 0.173. The number of nitrogens with one attached hydrogen (secondary N) is 1. The van der Waals surface area contributed by atoms with Crippen LogP contribution in [0.25, 0.3) is 0 Å². The first-order valence-corrected chi connectivity index (χ1v) is 5.91. The van der Waals surface area contributed by atoms with Gasteiger partial charge in [0.15, 0.2) is 5.84 Å². The Bertz CT molecular complexity index is 340. The average molecular weight is 282 g/mol. The molecular weight excluding hydrogens is 265 g/mol. The van der Waals surface area contributed by atoms with Crippen LogP contribution in [0.3, 0.4) is 0 Å². The van der Waals surface area contributed by atoms with E-state index in [2.05, 4.69) is 5.16 Å². The highest BCUT2D eigenvalue weighted by Gasteiger charge is 2.32. The van der Waals surface area contributed by atoms with E-state index in [0.29, 0.717) is 12.8 Å². The number of carbonyl (C=O) groups excluding carboxylic acids is 1. The number of halogens is 3. The monoisotopic (exact) mass is 282 g/mol. The van der Waals surface area contributed by atoms with Crippen LogP contribution in [0, 0.1) is 0 Å². The number of alkyl halides is 3. The molecule has 1 saturated carbocycles. The second-order valence-electron chi connectivity index (χ2n) is 4.43. The average Bonchev–Trinajstić information content (AvgIpc) is 2.85. The molecule has 4 N–H and O–H groups in total. The molecule has 0 aromatic heterocycles. The second-order valence-corrected chi connectivity index (χ2v) is 4.43. The molecule has 110 valence electrons. The van der Waals surface area contributed by atoms with Gasteiger partial charge in [-0.25, -0.2) is 4.79 Å². The van der Waals surface area contributed by atoms with Crippen molar-refractivity contribution in [3.05, 3.63) is 0 Å². The summed E-state index contributed by atoms with van der Waals surface area (Å²) in [6, 6.07) is -1.02. The van der Waals surface area contributed by atoms with Crippen molar-refractivity contribution in [1.29, 1.82) is 0 Å². The summed E-state index contributed by atoms with van der Waals surface area (Å²) in [5.41, 5.74) is 5.32. The van der Waals surface area contributed by atoms with Gasteiger partial charge >= 0.3 is 12.2 Å². The Kier molecular flexibility index (Phi) is 5.25. The fraction of sp³-hybridized carbons (Fsp3) is 0.800. The first kappa shape index (κ1) is 15.4. The molecule has 19 heavy (non-hydrogen) atoms. The SMILES string of the molecule is NC(CN(C(=O)NCC(F)(F)F)C1CCCC1)=NO. The third-order valence-corrected chi connectivity index (χ3v) is 2.93. The van der Waals surface area contributed by atoms with Gasteiger partial charge in [0, 0.05) is 6.04 Å². The Morgan fingerprint density at radius 3 is 2.47 bits per heavy atom. The normalized spacial score (nSPS) is 17.5. The molecule has 1 fully saturated rings. The topological polar surface area (TPSA) is 91.0 Å². The maximum absolute atomic E-state index is 12.1. The van der Waals surface area contributed by atoms with Crippen molar-refractivity contribution in [3.8, 4) is 0 Å². The molecule has 0 radical (unpaired) electrons. The Morgan fingerprint density at radius 1 is 1.42 bits per heavy atom. The Balaban J connectivity index is 2.63. The molecule has 0 saturated heterocycles. The van der Waals surface area contributed by atoms with E-state index in [-0.39, 0.29) is 18.4 Å². The van der Waals surface area contributed by atoms with Crippen LogP contribution in [-0.4, -0.2) is 47.3 Å². The van der Waals surface area contributed by atoms with Crippen LogP contribution in [0.15, 0.2) is 5.16 Å². The molecule has 0 unspecified atom stereocenters. The largest absolute Gasteiger partial charge is 0.409 e. The summed E-state index contributed by atoms with van der Waals surface area (Å²) in [5, 5.41) is 13.0. The molecule has 0 aliphatic heterocycles. The number of rotatable bonds is 4. The molecule has 0 aromatic rings. The molecular formula is C10H17F3N4O2. The third-order valence-electron chi connectivity index (χ3n) is 2.93. The Morgan fingerprint density at radius 2 is 2.00 bits per heavy atom. The molecule has 1 rings (SSSR count). The van der Waals surface area contributed by atoms with Crippen molar-refractivity contribution in [3.63, 3.8) is 0 Å². The first-order valence-electron chi connectivity index (χ1n) is 5.91. The van der Waals surface area contributed by atoms with Crippen LogP contribution in [0.5, 0.6) is 0 Å². The minimum atomic E-state index is -4.46. The van der Waals surface area contributed by atoms with Crippen molar-refractivity contribution >= 4 is 11.9 Å². The van der Waals surface area contributed by atoms with Gasteiger partial charge in [0.25, 0.3) is 0 Å². The fourth-order valence-electron chi connectivity index (χ4n) is 2.07. The lowest BCUT2D eigenvalue weighted by atomic mass is 10.2. The number of hydrogen-bond donors (Lipinski definition) is 3. The van der Waals surface area contributed by atoms with Crippen LogP contribution in [-0.2, 0) is 0 Å². The van der Waals surface area contributed by atoms with E-state index in [9.17, 15) is 18.0 Å². The van der Waals surface area contributed by atoms with Crippen molar-refractivity contribution in [2.75, 3.05) is 13.1 Å². The zero-order chi connectivity index (χ0) is 14.5. The number of oxime groups is 1. The van der Waals surface area contributed by atoms with Crippen LogP contribution in [0.1, 0.15) is 25.7 Å². The van der Waals surface area contributed by atoms with E-state index >= 15 is 0 Å². The third kappa shape index (κ3) is 5.23. The standard InChI is InChI=1S/C10H17F3N4O2/c11-10(12,13)6-15-9(18)17(5-8(14)16-19)7-3-1-2-4-7/h7,19H,1-6H2,(H2,14,16)(H,15,18). The lowest BCUT2D eigenvalue weighted by Crippen LogP contribution is -2.50. The van der Waals surface area contributed by atoms with Gasteiger partial charge in [-0.3, -0.25) is 0 Å². The highest BCUT2D eigenvalue weighted by Crippen LogP contribution is 2.23. The van der Waals surface area contributed by atoms with Crippen molar-refractivity contribution in [2.45, 2.75) is 37.9 Å². The molecule has 1 aliphatic rings. The van der Waals surface area contributed by atoms with Crippen LogP contribution in [0.4, 0.5) is 18.0 Å². The molecule has 9 heteroatoms. The molecule has 0 aromatic carbocycles. The van der Waals surface area contributed by atoms with Crippen LogP contribution < -0.4 is 11.1 Å². The summed E-state index contributed by atoms with van der Waals surface area (Å²) >= 11 is 0. The zero-order valence-corrected chi connectivity index (χ0v) is 10.3. The van der Waals surface area contributed by atoms with E-state index in [1.54, 1.807) is 5.32 Å². The molecule has 6 nitrogen and oxygen atoms in total. The summed E-state index contributed by atoms with van der Waals surface area (Å²) < 4.78 is 36.2. The van der Waals surface area contributed by atoms with E-state index in [1.807, 2.05) is 0 Å². The molecule has 2 amide bonds. The van der Waals surface area contributed by atoms with Gasteiger partial charge in [0.2, 0.25) is 0 Å². The maximum Gasteiger partial charge on any atom is 0.405 e. The lowest BCUT2D eigenvalue weighted by molar-refractivity contribution is -0.123. The number of urea groups is 1. The lowest BCUT2D eigenvalue weighted by Gasteiger charge is -2.28. The molecule has 0 spiro atoms. The van der Waals surface area contributed by atoms with Gasteiger partial charge in [0.05, 0.1) is 6.54 Å². The van der Waals surface area contributed by atoms with Gasteiger partial charge in [-0.2, -0.15) is 13.2 Å². The van der Waals surface area contributed by atoms with Gasteiger partial charge in [0.1, 0.15) is 6.54 Å². The van der Waals surface area contributed by atoms with Crippen molar-refractivity contribution < 1.29 is 23.2 Å². The Hall–Kier alpha value is -1.67. The number of hydrogen-bond acceptors (Lipinski definition) is 3. The smallest absolute Gasteiger partial charge is 0.405 e. The minimum Gasteiger partial charge on any atom is -0.409 e. The van der Waals surface area contributed by atoms with E-state index in [4.69, 9.17) is 10.9 Å². The molecule has 0 bridgehead atoms. The second kappa shape index (κ2) is 6.48. The highest BCUT2D eigenvalue weighted by atomic mass is 19.4. The van der Waals surface area contributed by atoms with E-state index in [1.165, 1.54) is 4.90 Å². The fourth-order valence-corrected chi connectivity index (χ4v) is 2.07. The van der Waals surface area contributed by atoms with Gasteiger partial charge < -0.3 is 21.2 Å². The maximum atomic E-state index is 12.1. The van der Waals surface area contributed by atoms with Crippen LogP contribution in [0.2, 0.25) is 0 Å². The number of nitrogens with zero attached hydrogens (tertiary/aromatic N) is 2. The summed E-state index contributed by atoms with van der Waals surface area (Å²) in [4.78, 5) is 12.9. The van der Waals surface area contributed by atoms with Gasteiger partial charge in [-0.1, -0.05) is 18.0 Å². The summed E-state index contributed by atoms with van der Waals surface area (Å²) in [7, 11) is 0. The van der Waals surface area contributed by atoms with Gasteiger partial charge in [-0.05, 0) is 12.8 Å². The number of nitrogens with two attached hydrogens (primary N) is 1. The van der Waals surface area contributed by atoms with E-state index < -0.39 is 18.8 Å². The predicted octanol–water partition coefficient (Wildman–Crippen LogP) is 1.25. The molecule has 0 heterocycles. The zero-order valence-electron chi connectivity index (χ0n) is 10.3. The van der Waals surface area contributed by atoms with Gasteiger partial charge in [-0.15, -0.1) is 0 Å². The van der Waals surface area contributed by atoms with Crippen LogP contribution >= 0.6 is 0 Å². The first-order chi connectivity index (χ1) is 8.83. The summed E-state index contributed by atoms with van der Waals surface area (Å²) in [6.07, 6.45) is -1.24.